The molecule has 5 aromatic rings. The topological polar surface area (TPSA) is 112 Å². The van der Waals surface area contributed by atoms with Gasteiger partial charge in [0.2, 0.25) is 5.91 Å². The lowest BCUT2D eigenvalue weighted by Crippen LogP contribution is -2.26. The van der Waals surface area contributed by atoms with Gasteiger partial charge in [-0.25, -0.2) is 4.98 Å². The van der Waals surface area contributed by atoms with Gasteiger partial charge in [-0.2, -0.15) is 16.4 Å². The number of nitrogens with one attached hydrogen (secondary N) is 3. The van der Waals surface area contributed by atoms with Gasteiger partial charge in [0.05, 0.1) is 28.6 Å². The molecule has 1 amide bonds. The second kappa shape index (κ2) is 10.6. The predicted molar refractivity (Wildman–Crippen MR) is 166 cm³/mol. The Balaban J connectivity index is 1.17. The molecule has 0 saturated heterocycles. The minimum absolute atomic E-state index is 0.122. The lowest BCUT2D eigenvalue weighted by atomic mass is 9.87. The molecule has 1 aliphatic carbocycles. The van der Waals surface area contributed by atoms with E-state index in [0.29, 0.717) is 18.2 Å². The van der Waals surface area contributed by atoms with E-state index < -0.39 is 0 Å². The Kier molecular flexibility index (Phi) is 6.65. The third-order valence-electron chi connectivity index (χ3n) is 7.32. The molecule has 0 bridgehead atoms. The molecule has 39 heavy (non-hydrogen) atoms. The number of halogens is 1. The van der Waals surface area contributed by atoms with Crippen molar-refractivity contribution in [1.82, 2.24) is 35.5 Å². The van der Waals surface area contributed by atoms with Crippen molar-refractivity contribution in [2.24, 2.45) is 5.92 Å². The lowest BCUT2D eigenvalue weighted by molar-refractivity contribution is -0.121. The van der Waals surface area contributed by atoms with Crippen LogP contribution in [0.3, 0.4) is 0 Å². The number of imidazole rings is 1. The van der Waals surface area contributed by atoms with Gasteiger partial charge in [0.15, 0.2) is 5.82 Å². The van der Waals surface area contributed by atoms with E-state index in [4.69, 9.17) is 9.97 Å². The minimum Gasteiger partial charge on any atom is -0.336 e. The van der Waals surface area contributed by atoms with Crippen LogP contribution >= 0.6 is 32.1 Å². The maximum Gasteiger partial charge on any atom is 0.224 e. The number of nitrogens with zero attached hydrogens (tertiary/aromatic N) is 4. The highest BCUT2D eigenvalue weighted by Crippen LogP contribution is 2.33. The highest BCUT2D eigenvalue weighted by molar-refractivity contribution is 14.2. The van der Waals surface area contributed by atoms with Crippen LogP contribution in [-0.4, -0.2) is 40.1 Å². The summed E-state index contributed by atoms with van der Waals surface area (Å²) in [4.78, 5) is 30.3. The first-order valence-corrected chi connectivity index (χ1v) is 16.5. The molecule has 5 aromatic heterocycles. The van der Waals surface area contributed by atoms with E-state index in [1.807, 2.05) is 23.7 Å². The van der Waals surface area contributed by atoms with Crippen LogP contribution in [0.4, 0.5) is 0 Å². The van der Waals surface area contributed by atoms with Crippen LogP contribution in [-0.2, 0) is 4.79 Å². The molecule has 196 valence electrons. The number of amides is 1. The first-order chi connectivity index (χ1) is 19.2. The SMILES string of the molecule is O=C(CC1CCCCC1)NC1=CC(c2cc3c(-c4nc5c(-c6ccsc6)nccc5[nH]4)n[nH]c3cn2)=CI=C1. The van der Waals surface area contributed by atoms with E-state index >= 15 is 0 Å². The molecule has 0 spiro atoms. The van der Waals surface area contributed by atoms with Crippen molar-refractivity contribution < 1.29 is 4.79 Å². The quantitative estimate of drug-likeness (QED) is 0.177. The van der Waals surface area contributed by atoms with Gasteiger partial charge in [0.25, 0.3) is 0 Å². The molecule has 1 aliphatic heterocycles. The van der Waals surface area contributed by atoms with Gasteiger partial charge in [0, 0.05) is 40.2 Å². The molecule has 10 heteroatoms. The fourth-order valence-corrected chi connectivity index (χ4v) is 7.80. The molecule has 3 N–H and O–H groups in total. The summed E-state index contributed by atoms with van der Waals surface area (Å²) in [6.07, 6.45) is 12.4. The summed E-state index contributed by atoms with van der Waals surface area (Å²) in [5, 5.41) is 15.9. The van der Waals surface area contributed by atoms with Crippen molar-refractivity contribution in [3.63, 3.8) is 0 Å². The largest absolute Gasteiger partial charge is 0.336 e. The van der Waals surface area contributed by atoms with Crippen LogP contribution in [0.2, 0.25) is 0 Å². The Bertz CT molecular complexity index is 1770. The van der Waals surface area contributed by atoms with Gasteiger partial charge < -0.3 is 10.3 Å². The summed E-state index contributed by atoms with van der Waals surface area (Å²) in [5.41, 5.74) is 8.00. The highest BCUT2D eigenvalue weighted by atomic mass is 127. The normalized spacial score (nSPS) is 16.2. The summed E-state index contributed by atoms with van der Waals surface area (Å²) >= 11 is 1.32. The van der Waals surface area contributed by atoms with Crippen LogP contribution in [0.5, 0.6) is 0 Å². The number of carbonyl (C=O) groups excluding carboxylic acids is 1. The molecule has 1 saturated carbocycles. The van der Waals surface area contributed by atoms with Crippen molar-refractivity contribution in [2.75, 3.05) is 0 Å². The zero-order valence-electron chi connectivity index (χ0n) is 21.1. The van der Waals surface area contributed by atoms with Gasteiger partial charge in [0.1, 0.15) is 11.2 Å². The summed E-state index contributed by atoms with van der Waals surface area (Å²) in [7, 11) is 0. The number of hydrogen-bond acceptors (Lipinski definition) is 6. The van der Waals surface area contributed by atoms with Crippen LogP contribution in [0, 0.1) is 5.92 Å². The van der Waals surface area contributed by atoms with Crippen molar-refractivity contribution in [3.8, 4) is 22.8 Å². The van der Waals surface area contributed by atoms with E-state index in [0.717, 1.165) is 55.9 Å². The van der Waals surface area contributed by atoms with Crippen LogP contribution in [0.15, 0.2) is 57.2 Å². The van der Waals surface area contributed by atoms with Gasteiger partial charge >= 0.3 is 0 Å². The number of carbonyl (C=O) groups is 1. The number of rotatable bonds is 6. The van der Waals surface area contributed by atoms with E-state index in [9.17, 15) is 4.79 Å². The number of hydrogen-bond donors (Lipinski definition) is 3. The average molecular weight is 648 g/mol. The van der Waals surface area contributed by atoms with Crippen molar-refractivity contribution in [3.05, 3.63) is 62.9 Å². The summed E-state index contributed by atoms with van der Waals surface area (Å²) in [5.74, 6) is 1.32. The third-order valence-corrected chi connectivity index (χ3v) is 10.1. The first-order valence-electron chi connectivity index (χ1n) is 13.1. The van der Waals surface area contributed by atoms with Crippen LogP contribution in [0.1, 0.15) is 44.2 Å². The third kappa shape index (κ3) is 4.98. The van der Waals surface area contributed by atoms with Crippen LogP contribution in [0.25, 0.3) is 50.3 Å². The Hall–Kier alpha value is -3.51. The van der Waals surface area contributed by atoms with Crippen molar-refractivity contribution >= 4 is 69.5 Å². The molecule has 7 rings (SSSR count). The molecule has 6 heterocycles. The lowest BCUT2D eigenvalue weighted by Gasteiger charge is -2.21. The first kappa shape index (κ1) is 24.5. The molecule has 8 nitrogen and oxygen atoms in total. The van der Waals surface area contributed by atoms with Gasteiger partial charge in [-0.3, -0.25) is 19.9 Å². The van der Waals surface area contributed by atoms with Gasteiger partial charge in [-0.05, 0) is 56.5 Å². The van der Waals surface area contributed by atoms with Gasteiger partial charge in [-0.1, -0.05) is 40.0 Å². The molecule has 1 fully saturated rings. The number of aromatic nitrogens is 6. The highest BCUT2D eigenvalue weighted by Gasteiger charge is 2.19. The zero-order valence-corrected chi connectivity index (χ0v) is 24.1. The number of aromatic amines is 2. The van der Waals surface area contributed by atoms with E-state index in [-0.39, 0.29) is 26.6 Å². The van der Waals surface area contributed by atoms with E-state index in [2.05, 4.69) is 51.1 Å². The number of allylic oxidation sites excluding steroid dienone is 3. The molecular weight excluding hydrogens is 621 g/mol. The summed E-state index contributed by atoms with van der Waals surface area (Å²) in [6, 6.07) is 6.05. The monoisotopic (exact) mass is 647 g/mol. The van der Waals surface area contributed by atoms with Crippen molar-refractivity contribution in [1.29, 1.82) is 0 Å². The molecular formula is C29H26IN7OS. The Morgan fingerprint density at radius 2 is 2.05 bits per heavy atom. The van der Waals surface area contributed by atoms with E-state index in [1.54, 1.807) is 17.5 Å². The molecule has 0 unspecified atom stereocenters. The zero-order chi connectivity index (χ0) is 26.2. The predicted octanol–water partition coefficient (Wildman–Crippen LogP) is 6.72. The van der Waals surface area contributed by atoms with Crippen molar-refractivity contribution in [2.45, 2.75) is 38.5 Å². The summed E-state index contributed by atoms with van der Waals surface area (Å²) < 4.78 is 4.40. The molecule has 0 radical (unpaired) electrons. The Morgan fingerprint density at radius 3 is 2.92 bits per heavy atom. The second-order valence-corrected chi connectivity index (χ2v) is 12.7. The maximum atomic E-state index is 12.7. The molecule has 2 aliphatic rings. The second-order valence-electron chi connectivity index (χ2n) is 10.00. The number of pyridine rings is 2. The fraction of sp³-hybridized carbons (Fsp3) is 0.241. The standard InChI is InChI=1S/C29H26IN7OS/c38-25(10-17-4-2-1-3-5-17)33-20-11-19(13-30-14-20)23-12-21-24(15-32-23)36-37-27(21)29-34-22-6-8-31-26(28(22)35-29)18-7-9-39-16-18/h6-9,11-17H,1-5,10H2,(H,33,38)(H,34,35)(H,36,37). The Morgan fingerprint density at radius 1 is 1.13 bits per heavy atom. The Labute approximate surface area is 238 Å². The van der Waals surface area contributed by atoms with Crippen LogP contribution < -0.4 is 5.32 Å². The smallest absolute Gasteiger partial charge is 0.224 e. The van der Waals surface area contributed by atoms with Gasteiger partial charge in [-0.15, -0.1) is 0 Å². The number of H-pyrrole nitrogens is 2. The van der Waals surface area contributed by atoms with E-state index in [1.165, 1.54) is 32.1 Å². The number of fused-ring (bicyclic) bond motifs is 2. The average Bonchev–Trinajstić information content (AvgIpc) is 3.73. The minimum atomic E-state index is -0.324. The molecule has 0 atom stereocenters. The number of thiophene rings is 1. The molecule has 0 aromatic carbocycles. The summed E-state index contributed by atoms with van der Waals surface area (Å²) in [6.45, 7) is 0. The maximum absolute atomic E-state index is 12.7. The fourth-order valence-electron chi connectivity index (χ4n) is 5.37.